The summed E-state index contributed by atoms with van der Waals surface area (Å²) in [5.74, 6) is -0.917. The number of nitrogens with zero attached hydrogens (tertiary/aromatic N) is 4. The SMILES string of the molecule is COC(Cn1nnnc1SC(C)C(=O)O)OC. The van der Waals surface area contributed by atoms with E-state index in [-0.39, 0.29) is 0 Å². The molecule has 96 valence electrons. The summed E-state index contributed by atoms with van der Waals surface area (Å²) in [6, 6.07) is 0. The lowest BCUT2D eigenvalue weighted by atomic mass is 10.5. The molecular formula is C8H14N4O4S. The van der Waals surface area contributed by atoms with Crippen molar-refractivity contribution in [2.45, 2.75) is 30.2 Å². The zero-order valence-electron chi connectivity index (χ0n) is 9.73. The van der Waals surface area contributed by atoms with Crippen LogP contribution < -0.4 is 0 Å². The number of tetrazole rings is 1. The predicted molar refractivity (Wildman–Crippen MR) is 58.6 cm³/mol. The topological polar surface area (TPSA) is 99.4 Å². The number of rotatable bonds is 7. The average molecular weight is 262 g/mol. The third-order valence-corrected chi connectivity index (χ3v) is 3.04. The van der Waals surface area contributed by atoms with Crippen molar-refractivity contribution in [2.24, 2.45) is 0 Å². The molecule has 17 heavy (non-hydrogen) atoms. The smallest absolute Gasteiger partial charge is 0.316 e. The normalized spacial score (nSPS) is 12.9. The summed E-state index contributed by atoms with van der Waals surface area (Å²) in [7, 11) is 3.01. The first-order valence-corrected chi connectivity index (χ1v) is 5.67. The highest BCUT2D eigenvalue weighted by molar-refractivity contribution is 8.00. The summed E-state index contributed by atoms with van der Waals surface area (Å²) in [4.78, 5) is 10.7. The van der Waals surface area contributed by atoms with Gasteiger partial charge in [0.25, 0.3) is 0 Å². The maximum atomic E-state index is 10.7. The second-order valence-corrected chi connectivity index (χ2v) is 4.45. The Morgan fingerprint density at radius 3 is 2.71 bits per heavy atom. The zero-order chi connectivity index (χ0) is 12.8. The summed E-state index contributed by atoms with van der Waals surface area (Å²) >= 11 is 1.06. The fourth-order valence-corrected chi connectivity index (χ4v) is 1.72. The molecule has 0 aliphatic carbocycles. The molecule has 1 rings (SSSR count). The van der Waals surface area contributed by atoms with Gasteiger partial charge >= 0.3 is 5.97 Å². The van der Waals surface area contributed by atoms with Gasteiger partial charge in [0.05, 0.1) is 6.54 Å². The van der Waals surface area contributed by atoms with Gasteiger partial charge in [-0.2, -0.15) is 0 Å². The van der Waals surface area contributed by atoms with Gasteiger partial charge in [-0.25, -0.2) is 4.68 Å². The van der Waals surface area contributed by atoms with Gasteiger partial charge in [-0.05, 0) is 17.4 Å². The standard InChI is InChI=1S/C8H14N4O4S/c1-5(7(13)14)17-8-9-10-11-12(8)4-6(15-2)16-3/h5-6H,4H2,1-3H3,(H,13,14). The summed E-state index contributed by atoms with van der Waals surface area (Å²) in [5.41, 5.74) is 0. The molecule has 0 radical (unpaired) electrons. The number of carbonyl (C=O) groups is 1. The molecular weight excluding hydrogens is 248 g/mol. The Morgan fingerprint density at radius 2 is 2.18 bits per heavy atom. The largest absolute Gasteiger partial charge is 0.480 e. The number of methoxy groups -OCH3 is 2. The van der Waals surface area contributed by atoms with E-state index in [1.54, 1.807) is 6.92 Å². The van der Waals surface area contributed by atoms with Crippen LogP contribution >= 0.6 is 11.8 Å². The van der Waals surface area contributed by atoms with E-state index in [0.29, 0.717) is 11.7 Å². The van der Waals surface area contributed by atoms with Crippen molar-refractivity contribution >= 4 is 17.7 Å². The van der Waals surface area contributed by atoms with Gasteiger partial charge in [-0.15, -0.1) is 5.10 Å². The van der Waals surface area contributed by atoms with Gasteiger partial charge in [0.2, 0.25) is 5.16 Å². The molecule has 9 heteroatoms. The van der Waals surface area contributed by atoms with Crippen molar-refractivity contribution in [3.8, 4) is 0 Å². The molecule has 0 bridgehead atoms. The van der Waals surface area contributed by atoms with Crippen LogP contribution in [0.4, 0.5) is 0 Å². The monoisotopic (exact) mass is 262 g/mol. The van der Waals surface area contributed by atoms with E-state index in [9.17, 15) is 4.79 Å². The van der Waals surface area contributed by atoms with E-state index in [1.807, 2.05) is 0 Å². The van der Waals surface area contributed by atoms with Gasteiger partial charge in [0, 0.05) is 14.2 Å². The molecule has 0 saturated carbocycles. The first-order chi connectivity index (χ1) is 8.08. The van der Waals surface area contributed by atoms with Crippen molar-refractivity contribution in [3.05, 3.63) is 0 Å². The number of aromatic nitrogens is 4. The van der Waals surface area contributed by atoms with E-state index >= 15 is 0 Å². The third-order valence-electron chi connectivity index (χ3n) is 1.98. The van der Waals surface area contributed by atoms with Crippen LogP contribution in [-0.4, -0.2) is 57.0 Å². The van der Waals surface area contributed by atoms with E-state index in [2.05, 4.69) is 15.5 Å². The minimum atomic E-state index is -0.917. The highest BCUT2D eigenvalue weighted by atomic mass is 32.2. The van der Waals surface area contributed by atoms with Gasteiger partial charge < -0.3 is 14.6 Å². The highest BCUT2D eigenvalue weighted by Crippen LogP contribution is 2.20. The lowest BCUT2D eigenvalue weighted by molar-refractivity contribution is -0.136. The van der Waals surface area contributed by atoms with Crippen LogP contribution in [0, 0.1) is 0 Å². The van der Waals surface area contributed by atoms with Crippen LogP contribution in [0.1, 0.15) is 6.92 Å². The number of carboxylic acid groups (broad SMARTS) is 1. The van der Waals surface area contributed by atoms with Crippen molar-refractivity contribution in [2.75, 3.05) is 14.2 Å². The van der Waals surface area contributed by atoms with E-state index in [0.717, 1.165) is 11.8 Å². The van der Waals surface area contributed by atoms with Crippen LogP contribution in [-0.2, 0) is 20.8 Å². The third kappa shape index (κ3) is 3.95. The molecule has 8 nitrogen and oxygen atoms in total. The first-order valence-electron chi connectivity index (χ1n) is 4.79. The minimum Gasteiger partial charge on any atom is -0.480 e. The molecule has 0 saturated heterocycles. The second kappa shape index (κ2) is 6.52. The molecule has 0 spiro atoms. The van der Waals surface area contributed by atoms with Gasteiger partial charge in [-0.1, -0.05) is 11.8 Å². The van der Waals surface area contributed by atoms with Crippen molar-refractivity contribution < 1.29 is 19.4 Å². The maximum Gasteiger partial charge on any atom is 0.316 e. The molecule has 0 fully saturated rings. The Bertz CT molecular complexity index is 368. The van der Waals surface area contributed by atoms with Gasteiger partial charge in [-0.3, -0.25) is 4.79 Å². The number of thioether (sulfide) groups is 1. The fourth-order valence-electron chi connectivity index (χ4n) is 0.990. The Labute approximate surface area is 102 Å². The van der Waals surface area contributed by atoms with Gasteiger partial charge in [0.15, 0.2) is 6.29 Å². The second-order valence-electron chi connectivity index (χ2n) is 3.14. The van der Waals surface area contributed by atoms with Crippen molar-refractivity contribution in [1.29, 1.82) is 0 Å². The van der Waals surface area contributed by atoms with Crippen LogP contribution in [0.15, 0.2) is 5.16 Å². The number of hydrogen-bond donors (Lipinski definition) is 1. The van der Waals surface area contributed by atoms with E-state index in [1.165, 1.54) is 18.9 Å². The zero-order valence-corrected chi connectivity index (χ0v) is 10.5. The Balaban J connectivity index is 2.68. The van der Waals surface area contributed by atoms with E-state index < -0.39 is 17.5 Å². The minimum absolute atomic E-state index is 0.300. The molecule has 0 aliphatic rings. The Morgan fingerprint density at radius 1 is 1.53 bits per heavy atom. The van der Waals surface area contributed by atoms with E-state index in [4.69, 9.17) is 14.6 Å². The predicted octanol–water partition coefficient (Wildman–Crippen LogP) is -0.143. The molecule has 0 aromatic carbocycles. The molecule has 1 N–H and O–H groups in total. The quantitative estimate of drug-likeness (QED) is 0.535. The summed E-state index contributed by atoms with van der Waals surface area (Å²) in [5, 5.41) is 19.6. The molecule has 0 amide bonds. The van der Waals surface area contributed by atoms with Gasteiger partial charge in [0.1, 0.15) is 5.25 Å². The van der Waals surface area contributed by atoms with Crippen molar-refractivity contribution in [3.63, 3.8) is 0 Å². The lowest BCUT2D eigenvalue weighted by Gasteiger charge is -2.13. The molecule has 1 aromatic heterocycles. The van der Waals surface area contributed by atoms with Crippen molar-refractivity contribution in [1.82, 2.24) is 20.2 Å². The number of aliphatic carboxylic acids is 1. The van der Waals surface area contributed by atoms with Crippen LogP contribution in [0.25, 0.3) is 0 Å². The van der Waals surface area contributed by atoms with Crippen LogP contribution in [0.2, 0.25) is 0 Å². The summed E-state index contributed by atoms with van der Waals surface area (Å²) in [6.07, 6.45) is -0.474. The molecule has 0 aliphatic heterocycles. The Kier molecular flexibility index (Phi) is 5.32. The Hall–Kier alpha value is -1.19. The molecule has 1 heterocycles. The lowest BCUT2D eigenvalue weighted by Crippen LogP contribution is -2.22. The summed E-state index contributed by atoms with van der Waals surface area (Å²) in [6.45, 7) is 1.87. The first kappa shape index (κ1) is 13.9. The highest BCUT2D eigenvalue weighted by Gasteiger charge is 2.19. The summed E-state index contributed by atoms with van der Waals surface area (Å²) < 4.78 is 11.5. The average Bonchev–Trinajstić information content (AvgIpc) is 2.73. The van der Waals surface area contributed by atoms with Crippen LogP contribution in [0.3, 0.4) is 0 Å². The number of ether oxygens (including phenoxy) is 2. The number of hydrogen-bond acceptors (Lipinski definition) is 7. The maximum absolute atomic E-state index is 10.7. The fraction of sp³-hybridized carbons (Fsp3) is 0.750. The molecule has 1 atom stereocenters. The molecule has 1 unspecified atom stereocenters. The molecule has 1 aromatic rings. The van der Waals surface area contributed by atoms with Crippen LogP contribution in [0.5, 0.6) is 0 Å². The number of carboxylic acids is 1.